The molecule has 0 aliphatic carbocycles. The fourth-order valence-corrected chi connectivity index (χ4v) is 9.43. The maximum Gasteiger partial charge on any atom is 0.137 e. The Kier molecular flexibility index (Phi) is 12.1. The number of hydrogen-bond donors (Lipinski definition) is 0. The van der Waals surface area contributed by atoms with Crippen LogP contribution in [0.4, 0.5) is 0 Å². The number of benzene rings is 4. The van der Waals surface area contributed by atoms with E-state index in [4.69, 9.17) is 9.97 Å². The summed E-state index contributed by atoms with van der Waals surface area (Å²) in [4.78, 5) is 11.4. The van der Waals surface area contributed by atoms with Crippen LogP contribution in [0.2, 0.25) is 0 Å². The molecule has 0 amide bonds. The molecule has 0 bridgehead atoms. The van der Waals surface area contributed by atoms with Crippen molar-refractivity contribution in [3.8, 4) is 56.4 Å². The van der Waals surface area contributed by atoms with Crippen molar-refractivity contribution in [2.24, 2.45) is 11.8 Å². The van der Waals surface area contributed by atoms with Crippen molar-refractivity contribution in [1.82, 2.24) is 19.1 Å². The molecule has 0 fully saturated rings. The Bertz CT molecular complexity index is 2500. The lowest BCUT2D eigenvalue weighted by atomic mass is 9.79. The smallest absolute Gasteiger partial charge is 0.137 e. The molecule has 4 nitrogen and oxygen atoms in total. The minimum Gasteiger partial charge on any atom is -0.301 e. The van der Waals surface area contributed by atoms with E-state index in [2.05, 4.69) is 235 Å². The predicted molar refractivity (Wildman–Crippen MR) is 257 cm³/mol. The zero-order valence-electron chi connectivity index (χ0n) is 37.2. The van der Waals surface area contributed by atoms with E-state index in [-0.39, 0.29) is 0 Å². The van der Waals surface area contributed by atoms with Gasteiger partial charge >= 0.3 is 0 Å². The largest absolute Gasteiger partial charge is 0.301 e. The van der Waals surface area contributed by atoms with Crippen molar-refractivity contribution in [1.29, 1.82) is 0 Å². The summed E-state index contributed by atoms with van der Waals surface area (Å²) in [5.41, 5.74) is 13.4. The van der Waals surface area contributed by atoms with Crippen molar-refractivity contribution < 1.29 is 0 Å². The first-order valence-electron chi connectivity index (χ1n) is 22.3. The quantitative estimate of drug-likeness (QED) is 0.110. The number of pyridine rings is 2. The highest BCUT2D eigenvalue weighted by molar-refractivity contribution is 5.84. The second kappa shape index (κ2) is 17.8. The highest BCUT2D eigenvalue weighted by Crippen LogP contribution is 2.42. The average Bonchev–Trinajstić information content (AvgIpc) is 3.94. The Hall–Kier alpha value is -6.26. The Morgan fingerprint density at radius 1 is 0.443 bits per heavy atom. The van der Waals surface area contributed by atoms with Crippen LogP contribution in [-0.2, 0) is 5.41 Å². The van der Waals surface area contributed by atoms with Crippen molar-refractivity contribution in [2.45, 2.75) is 85.5 Å². The molecule has 8 rings (SSSR count). The fourth-order valence-electron chi connectivity index (χ4n) is 9.43. The summed E-state index contributed by atoms with van der Waals surface area (Å²) in [6, 6.07) is 56.9. The molecule has 0 saturated carbocycles. The van der Waals surface area contributed by atoms with Gasteiger partial charge in [0, 0.05) is 28.9 Å². The van der Waals surface area contributed by atoms with Gasteiger partial charge in [-0.2, -0.15) is 0 Å². The van der Waals surface area contributed by atoms with E-state index in [1.807, 2.05) is 0 Å². The van der Waals surface area contributed by atoms with E-state index in [0.717, 1.165) is 58.4 Å². The van der Waals surface area contributed by atoms with E-state index >= 15 is 0 Å². The molecule has 4 heteroatoms. The summed E-state index contributed by atoms with van der Waals surface area (Å²) < 4.78 is 4.62. The summed E-state index contributed by atoms with van der Waals surface area (Å²) in [6.45, 7) is 18.6. The van der Waals surface area contributed by atoms with Gasteiger partial charge in [0.25, 0.3) is 0 Å². The average molecular weight is 801 g/mol. The van der Waals surface area contributed by atoms with Crippen LogP contribution in [0.1, 0.15) is 103 Å². The first-order valence-corrected chi connectivity index (χ1v) is 22.3. The van der Waals surface area contributed by atoms with Crippen molar-refractivity contribution in [2.75, 3.05) is 0 Å². The highest BCUT2D eigenvalue weighted by atomic mass is 15.1. The molecule has 0 radical (unpaired) electrons. The van der Waals surface area contributed by atoms with E-state index in [1.54, 1.807) is 0 Å². The van der Waals surface area contributed by atoms with Gasteiger partial charge < -0.3 is 9.13 Å². The molecule has 4 aromatic heterocycles. The molecule has 0 aliphatic heterocycles. The van der Waals surface area contributed by atoms with Crippen molar-refractivity contribution >= 4 is 0 Å². The second-order valence-corrected chi connectivity index (χ2v) is 17.8. The van der Waals surface area contributed by atoms with E-state index in [1.165, 1.54) is 33.4 Å². The molecule has 2 atom stereocenters. The molecule has 4 aromatic carbocycles. The molecule has 0 spiro atoms. The lowest BCUT2D eigenvalue weighted by Crippen LogP contribution is -2.25. The second-order valence-electron chi connectivity index (χ2n) is 17.8. The zero-order valence-corrected chi connectivity index (χ0v) is 37.2. The SMILES string of the molecule is CCC(c1cc(-n2ccc(-c3ccccc3)c2-c2ccccc2)nc(C(C)(C)c2cc(C(CC)C(C)C)cc(-n3ccc(-c4ccccc4)c3-c3ccccc3)n2)c1)C(C)C. The van der Waals surface area contributed by atoms with E-state index < -0.39 is 5.41 Å². The predicted octanol–water partition coefficient (Wildman–Crippen LogP) is 15.4. The third-order valence-electron chi connectivity index (χ3n) is 12.8. The van der Waals surface area contributed by atoms with E-state index in [0.29, 0.717) is 23.7 Å². The van der Waals surface area contributed by atoms with Gasteiger partial charge in [0.05, 0.1) is 22.8 Å². The number of aromatic nitrogens is 4. The lowest BCUT2D eigenvalue weighted by molar-refractivity contribution is 0.479. The molecule has 8 aromatic rings. The monoisotopic (exact) mass is 800 g/mol. The number of rotatable bonds is 14. The van der Waals surface area contributed by atoms with Crippen LogP contribution in [0.5, 0.6) is 0 Å². The Morgan fingerprint density at radius 3 is 1.08 bits per heavy atom. The molecule has 0 saturated heterocycles. The normalized spacial score (nSPS) is 12.9. The van der Waals surface area contributed by atoms with Crippen LogP contribution in [0.15, 0.2) is 170 Å². The zero-order chi connectivity index (χ0) is 42.7. The third-order valence-corrected chi connectivity index (χ3v) is 12.8. The molecule has 0 aliphatic rings. The topological polar surface area (TPSA) is 35.6 Å². The number of nitrogens with zero attached hydrogens (tertiary/aromatic N) is 4. The minimum absolute atomic E-state index is 0.366. The summed E-state index contributed by atoms with van der Waals surface area (Å²) in [5.74, 6) is 3.51. The van der Waals surface area contributed by atoms with Gasteiger partial charge in [-0.1, -0.05) is 163 Å². The first-order chi connectivity index (χ1) is 29.6. The molecule has 0 N–H and O–H groups in total. The van der Waals surface area contributed by atoms with Crippen molar-refractivity contribution in [3.05, 3.63) is 193 Å². The maximum absolute atomic E-state index is 5.68. The van der Waals surface area contributed by atoms with Crippen LogP contribution in [-0.4, -0.2) is 19.1 Å². The van der Waals surface area contributed by atoms with Gasteiger partial charge in [-0.3, -0.25) is 0 Å². The highest BCUT2D eigenvalue weighted by Gasteiger charge is 2.32. The summed E-state index contributed by atoms with van der Waals surface area (Å²) in [5, 5.41) is 0. The first kappa shape index (κ1) is 41.5. The Morgan fingerprint density at radius 2 is 0.770 bits per heavy atom. The van der Waals surface area contributed by atoms with E-state index in [9.17, 15) is 0 Å². The molecule has 308 valence electrons. The van der Waals surface area contributed by atoms with Crippen LogP contribution < -0.4 is 0 Å². The van der Waals surface area contributed by atoms with Gasteiger partial charge in [0.1, 0.15) is 11.6 Å². The van der Waals surface area contributed by atoms with Crippen LogP contribution >= 0.6 is 0 Å². The standard InChI is InChI=1S/C57H60N4/c1-9-47(39(3)4)45-35-51(58-53(37-45)60-33-31-49(41-23-15-11-16-24-41)55(60)43-27-19-13-20-28-43)57(7,8)52-36-46(48(10-2)40(5)6)38-54(59-52)61-34-32-50(42-25-17-12-18-26-42)56(61)44-29-21-14-22-30-44/h11-40,47-48H,9-10H2,1-8H3. The maximum atomic E-state index is 5.68. The van der Waals surface area contributed by atoms with Crippen LogP contribution in [0, 0.1) is 11.8 Å². The van der Waals surface area contributed by atoms with Gasteiger partial charge in [-0.15, -0.1) is 0 Å². The lowest BCUT2D eigenvalue weighted by Gasteiger charge is -2.30. The van der Waals surface area contributed by atoms with Gasteiger partial charge in [-0.25, -0.2) is 9.97 Å². The van der Waals surface area contributed by atoms with Gasteiger partial charge in [0.15, 0.2) is 0 Å². The molecule has 2 unspecified atom stereocenters. The van der Waals surface area contributed by atoms with Crippen LogP contribution in [0.3, 0.4) is 0 Å². The minimum atomic E-state index is -0.551. The van der Waals surface area contributed by atoms with Gasteiger partial charge in [0.2, 0.25) is 0 Å². The fraction of sp³-hybridized carbons (Fsp3) is 0.263. The molecular formula is C57H60N4. The molecule has 61 heavy (non-hydrogen) atoms. The molecular weight excluding hydrogens is 741 g/mol. The van der Waals surface area contributed by atoms with Crippen LogP contribution in [0.25, 0.3) is 56.4 Å². The Labute approximate surface area is 364 Å². The number of hydrogen-bond acceptors (Lipinski definition) is 2. The summed E-state index contributed by atoms with van der Waals surface area (Å²) in [6.07, 6.45) is 6.49. The summed E-state index contributed by atoms with van der Waals surface area (Å²) in [7, 11) is 0. The third kappa shape index (κ3) is 8.29. The molecule has 4 heterocycles. The Balaban J connectivity index is 1.36. The van der Waals surface area contributed by atoms with Crippen molar-refractivity contribution in [3.63, 3.8) is 0 Å². The summed E-state index contributed by atoms with van der Waals surface area (Å²) >= 11 is 0. The van der Waals surface area contributed by atoms with Gasteiger partial charge in [-0.05, 0) is 120 Å².